The summed E-state index contributed by atoms with van der Waals surface area (Å²) in [6.45, 7) is 4.59. The fourth-order valence-corrected chi connectivity index (χ4v) is 3.41. The fourth-order valence-electron chi connectivity index (χ4n) is 2.47. The van der Waals surface area contributed by atoms with E-state index < -0.39 is 0 Å². The van der Waals surface area contributed by atoms with Crippen LogP contribution in [0.1, 0.15) is 19.5 Å². The van der Waals surface area contributed by atoms with Crippen molar-refractivity contribution < 1.29 is 0 Å². The van der Waals surface area contributed by atoms with Crippen molar-refractivity contribution in [1.29, 1.82) is 0 Å². The van der Waals surface area contributed by atoms with Crippen molar-refractivity contribution in [3.05, 3.63) is 76.9 Å². The summed E-state index contributed by atoms with van der Waals surface area (Å²) >= 11 is 7.56. The maximum absolute atomic E-state index is 5.94. The van der Waals surface area contributed by atoms with Gasteiger partial charge in [0.2, 0.25) is 0 Å². The molecular formula is C20H19ClN4S. The summed E-state index contributed by atoms with van der Waals surface area (Å²) in [6, 6.07) is 17.8. The van der Waals surface area contributed by atoms with E-state index in [0.717, 1.165) is 32.5 Å². The summed E-state index contributed by atoms with van der Waals surface area (Å²) in [5.74, 6) is 0. The summed E-state index contributed by atoms with van der Waals surface area (Å²) in [5.41, 5.74) is 4.11. The summed E-state index contributed by atoms with van der Waals surface area (Å²) in [6.07, 6.45) is 1.78. The van der Waals surface area contributed by atoms with Gasteiger partial charge in [0, 0.05) is 21.5 Å². The SMILES string of the molecule is CC.Clc1ccc(-c2nc(Cn3nncc3-c3ccccc3)cs2)cc1. The Hall–Kier alpha value is -2.50. The topological polar surface area (TPSA) is 43.6 Å². The smallest absolute Gasteiger partial charge is 0.123 e. The molecule has 0 aliphatic heterocycles. The van der Waals surface area contributed by atoms with E-state index in [0.29, 0.717) is 6.54 Å². The molecule has 0 saturated carbocycles. The highest BCUT2D eigenvalue weighted by Gasteiger charge is 2.10. The average Bonchev–Trinajstić information content (AvgIpc) is 3.35. The quantitative estimate of drug-likeness (QED) is 0.448. The lowest BCUT2D eigenvalue weighted by Gasteiger charge is -2.04. The molecule has 2 aromatic carbocycles. The Balaban J connectivity index is 0.000000948. The molecule has 0 saturated heterocycles. The van der Waals surface area contributed by atoms with Crippen molar-refractivity contribution in [2.75, 3.05) is 0 Å². The number of thiazole rings is 1. The molecule has 6 heteroatoms. The van der Waals surface area contributed by atoms with Crippen LogP contribution in [0.4, 0.5) is 0 Å². The van der Waals surface area contributed by atoms with E-state index in [9.17, 15) is 0 Å². The highest BCUT2D eigenvalue weighted by atomic mass is 35.5. The molecule has 0 unspecified atom stereocenters. The average molecular weight is 383 g/mol. The van der Waals surface area contributed by atoms with Crippen LogP contribution in [0.25, 0.3) is 21.8 Å². The van der Waals surface area contributed by atoms with E-state index in [4.69, 9.17) is 16.6 Å². The molecular weight excluding hydrogens is 364 g/mol. The highest BCUT2D eigenvalue weighted by molar-refractivity contribution is 7.13. The molecule has 2 heterocycles. The molecule has 0 bridgehead atoms. The molecule has 4 rings (SSSR count). The molecule has 26 heavy (non-hydrogen) atoms. The van der Waals surface area contributed by atoms with Gasteiger partial charge in [-0.05, 0) is 12.1 Å². The van der Waals surface area contributed by atoms with Crippen molar-refractivity contribution in [2.24, 2.45) is 0 Å². The number of nitrogens with zero attached hydrogens (tertiary/aromatic N) is 4. The second-order valence-corrected chi connectivity index (χ2v) is 6.59. The fraction of sp³-hybridized carbons (Fsp3) is 0.150. The number of hydrogen-bond acceptors (Lipinski definition) is 4. The molecule has 0 aliphatic carbocycles. The summed E-state index contributed by atoms with van der Waals surface area (Å²) in [5, 5.41) is 12.0. The predicted molar refractivity (Wildman–Crippen MR) is 108 cm³/mol. The third kappa shape index (κ3) is 4.18. The van der Waals surface area contributed by atoms with Crippen LogP contribution in [-0.4, -0.2) is 20.0 Å². The van der Waals surface area contributed by atoms with Gasteiger partial charge in [-0.25, -0.2) is 9.67 Å². The Morgan fingerprint density at radius 1 is 0.962 bits per heavy atom. The van der Waals surface area contributed by atoms with E-state index in [2.05, 4.69) is 27.8 Å². The van der Waals surface area contributed by atoms with Crippen LogP contribution in [0.5, 0.6) is 0 Å². The molecule has 0 amide bonds. The van der Waals surface area contributed by atoms with Crippen LogP contribution in [-0.2, 0) is 6.54 Å². The highest BCUT2D eigenvalue weighted by Crippen LogP contribution is 2.26. The van der Waals surface area contributed by atoms with E-state index in [-0.39, 0.29) is 0 Å². The van der Waals surface area contributed by atoms with Crippen LogP contribution < -0.4 is 0 Å². The van der Waals surface area contributed by atoms with Gasteiger partial charge in [0.25, 0.3) is 0 Å². The van der Waals surface area contributed by atoms with Gasteiger partial charge >= 0.3 is 0 Å². The largest absolute Gasteiger partial charge is 0.239 e. The first-order chi connectivity index (χ1) is 12.8. The molecule has 0 aliphatic rings. The molecule has 0 spiro atoms. The Labute approximate surface area is 162 Å². The molecule has 4 aromatic rings. The normalized spacial score (nSPS) is 10.3. The lowest BCUT2D eigenvalue weighted by Crippen LogP contribution is -2.04. The minimum absolute atomic E-state index is 0.592. The molecule has 2 aromatic heterocycles. The predicted octanol–water partition coefficient (Wildman–Crippen LogP) is 5.80. The zero-order valence-corrected chi connectivity index (χ0v) is 16.2. The Morgan fingerprint density at radius 3 is 2.42 bits per heavy atom. The molecule has 0 radical (unpaired) electrons. The lowest BCUT2D eigenvalue weighted by atomic mass is 10.2. The van der Waals surface area contributed by atoms with Crippen LogP contribution in [0.15, 0.2) is 66.2 Å². The second-order valence-electron chi connectivity index (χ2n) is 5.29. The number of rotatable bonds is 4. The summed E-state index contributed by atoms with van der Waals surface area (Å²) in [4.78, 5) is 4.71. The monoisotopic (exact) mass is 382 g/mol. The Kier molecular flexibility index (Phi) is 6.15. The van der Waals surface area contributed by atoms with Gasteiger partial charge in [0.05, 0.1) is 24.1 Å². The second kappa shape index (κ2) is 8.74. The Morgan fingerprint density at radius 2 is 1.69 bits per heavy atom. The van der Waals surface area contributed by atoms with Crippen molar-refractivity contribution in [1.82, 2.24) is 20.0 Å². The van der Waals surface area contributed by atoms with E-state index in [1.165, 1.54) is 0 Å². The van der Waals surface area contributed by atoms with Crippen LogP contribution in [0.2, 0.25) is 5.02 Å². The van der Waals surface area contributed by atoms with Crippen molar-refractivity contribution in [3.63, 3.8) is 0 Å². The molecule has 0 fully saturated rings. The third-order valence-electron chi connectivity index (χ3n) is 3.64. The number of hydrogen-bond donors (Lipinski definition) is 0. The van der Waals surface area contributed by atoms with Gasteiger partial charge in [0.15, 0.2) is 0 Å². The summed E-state index contributed by atoms with van der Waals surface area (Å²) < 4.78 is 1.87. The maximum Gasteiger partial charge on any atom is 0.123 e. The van der Waals surface area contributed by atoms with E-state index in [1.807, 2.05) is 61.0 Å². The van der Waals surface area contributed by atoms with Crippen molar-refractivity contribution in [2.45, 2.75) is 20.4 Å². The maximum atomic E-state index is 5.94. The van der Waals surface area contributed by atoms with Crippen molar-refractivity contribution in [3.8, 4) is 21.8 Å². The molecule has 4 nitrogen and oxygen atoms in total. The van der Waals surface area contributed by atoms with Crippen molar-refractivity contribution >= 4 is 22.9 Å². The van der Waals surface area contributed by atoms with E-state index >= 15 is 0 Å². The van der Waals surface area contributed by atoms with Crippen LogP contribution in [0, 0.1) is 0 Å². The summed E-state index contributed by atoms with van der Waals surface area (Å²) in [7, 11) is 0. The first-order valence-corrected chi connectivity index (χ1v) is 9.69. The van der Waals surface area contributed by atoms with Gasteiger partial charge in [-0.1, -0.05) is 73.1 Å². The van der Waals surface area contributed by atoms with E-state index in [1.54, 1.807) is 17.5 Å². The van der Waals surface area contributed by atoms with Crippen LogP contribution >= 0.6 is 22.9 Å². The first-order valence-electron chi connectivity index (χ1n) is 8.44. The molecule has 0 N–H and O–H groups in total. The molecule has 132 valence electrons. The number of halogens is 1. The van der Waals surface area contributed by atoms with Gasteiger partial charge in [-0.15, -0.1) is 16.4 Å². The van der Waals surface area contributed by atoms with Gasteiger partial charge in [-0.2, -0.15) is 0 Å². The van der Waals surface area contributed by atoms with Crippen LogP contribution in [0.3, 0.4) is 0 Å². The number of aromatic nitrogens is 4. The Bertz CT molecular complexity index is 945. The minimum atomic E-state index is 0.592. The van der Waals surface area contributed by atoms with Gasteiger partial charge in [-0.3, -0.25) is 0 Å². The minimum Gasteiger partial charge on any atom is -0.239 e. The lowest BCUT2D eigenvalue weighted by molar-refractivity contribution is 0.647. The van der Waals surface area contributed by atoms with Gasteiger partial charge in [0.1, 0.15) is 5.01 Å². The van der Waals surface area contributed by atoms with Gasteiger partial charge < -0.3 is 0 Å². The first kappa shape index (κ1) is 18.3. The third-order valence-corrected chi connectivity index (χ3v) is 4.83. The number of benzene rings is 2. The zero-order chi connectivity index (χ0) is 18.4. The molecule has 0 atom stereocenters. The zero-order valence-electron chi connectivity index (χ0n) is 14.6. The standard InChI is InChI=1S/C18H13ClN4S.C2H6/c19-15-8-6-14(7-9-15)18-21-16(12-24-18)11-23-17(10-20-22-23)13-4-2-1-3-5-13;1-2/h1-10,12H,11H2;1-2H3.